The molecular weight excluding hydrogens is 256 g/mol. The minimum atomic E-state index is -0.499. The molecule has 2 unspecified atom stereocenters. The van der Waals surface area contributed by atoms with Crippen LogP contribution in [0.25, 0.3) is 0 Å². The second kappa shape index (κ2) is 5.45. The second-order valence-electron chi connectivity index (χ2n) is 6.57. The highest BCUT2D eigenvalue weighted by Gasteiger charge is 2.43. The van der Waals surface area contributed by atoms with E-state index < -0.39 is 5.60 Å². The van der Waals surface area contributed by atoms with Crippen LogP contribution in [0.15, 0.2) is 0 Å². The van der Waals surface area contributed by atoms with Gasteiger partial charge in [-0.25, -0.2) is 0 Å². The summed E-state index contributed by atoms with van der Waals surface area (Å²) in [5.41, 5.74) is -0.499. The van der Waals surface area contributed by atoms with Crippen molar-refractivity contribution in [3.8, 4) is 0 Å². The van der Waals surface area contributed by atoms with Crippen LogP contribution in [0.1, 0.15) is 44.9 Å². The molecule has 2 atom stereocenters. The Kier molecular flexibility index (Phi) is 3.82. The molecule has 2 aliphatic heterocycles. The number of aliphatic hydroxyl groups is 1. The number of amides is 2. The van der Waals surface area contributed by atoms with Gasteiger partial charge in [0.05, 0.1) is 12.1 Å². The number of rotatable bonds is 2. The lowest BCUT2D eigenvalue weighted by molar-refractivity contribution is -0.145. The van der Waals surface area contributed by atoms with E-state index in [1.807, 2.05) is 0 Å². The van der Waals surface area contributed by atoms with Gasteiger partial charge in [0.1, 0.15) is 0 Å². The molecule has 3 rings (SSSR count). The van der Waals surface area contributed by atoms with Gasteiger partial charge in [0, 0.05) is 32.0 Å². The van der Waals surface area contributed by atoms with Gasteiger partial charge in [0.2, 0.25) is 11.8 Å². The molecule has 2 heterocycles. The van der Waals surface area contributed by atoms with Gasteiger partial charge in [0.15, 0.2) is 0 Å². The average Bonchev–Trinajstić information content (AvgIpc) is 2.85. The monoisotopic (exact) mass is 280 g/mol. The normalized spacial score (nSPS) is 35.1. The largest absolute Gasteiger partial charge is 0.390 e. The minimum Gasteiger partial charge on any atom is -0.390 e. The molecule has 0 bridgehead atoms. The second-order valence-corrected chi connectivity index (χ2v) is 6.57. The summed E-state index contributed by atoms with van der Waals surface area (Å²) in [5, 5.41) is 10.6. The Bertz CT molecular complexity index is 412. The van der Waals surface area contributed by atoms with E-state index in [2.05, 4.69) is 4.90 Å². The first-order chi connectivity index (χ1) is 9.58. The Hall–Kier alpha value is -0.940. The number of likely N-dealkylation sites (tertiary alicyclic amines) is 2. The lowest BCUT2D eigenvalue weighted by Gasteiger charge is -2.47. The zero-order valence-corrected chi connectivity index (χ0v) is 12.0. The van der Waals surface area contributed by atoms with Crippen LogP contribution in [-0.2, 0) is 9.59 Å². The molecule has 1 saturated carbocycles. The van der Waals surface area contributed by atoms with Crippen LogP contribution in [0.5, 0.6) is 0 Å². The summed E-state index contributed by atoms with van der Waals surface area (Å²) in [4.78, 5) is 27.3. The smallest absolute Gasteiger partial charge is 0.243 e. The molecule has 3 fully saturated rings. The SMILES string of the molecule is O=C1CCCN1C(=O)CN1CCC2(O)CCCCC2C1. The Morgan fingerprint density at radius 3 is 2.85 bits per heavy atom. The number of piperidine rings is 1. The maximum Gasteiger partial charge on any atom is 0.243 e. The van der Waals surface area contributed by atoms with Crippen molar-refractivity contribution in [2.75, 3.05) is 26.2 Å². The van der Waals surface area contributed by atoms with Gasteiger partial charge < -0.3 is 5.11 Å². The topological polar surface area (TPSA) is 60.9 Å². The maximum absolute atomic E-state index is 12.2. The molecule has 5 heteroatoms. The summed E-state index contributed by atoms with van der Waals surface area (Å²) in [5.74, 6) is 0.210. The molecule has 0 aromatic rings. The minimum absolute atomic E-state index is 0.0267. The van der Waals surface area contributed by atoms with Gasteiger partial charge in [-0.15, -0.1) is 0 Å². The van der Waals surface area contributed by atoms with E-state index in [4.69, 9.17) is 0 Å². The molecule has 3 aliphatic rings. The van der Waals surface area contributed by atoms with E-state index in [1.54, 1.807) is 0 Å². The molecule has 0 radical (unpaired) electrons. The highest BCUT2D eigenvalue weighted by molar-refractivity contribution is 5.97. The van der Waals surface area contributed by atoms with Gasteiger partial charge in [-0.1, -0.05) is 12.8 Å². The van der Waals surface area contributed by atoms with Crippen molar-refractivity contribution in [1.82, 2.24) is 9.80 Å². The Labute approximate surface area is 119 Å². The molecule has 2 saturated heterocycles. The van der Waals surface area contributed by atoms with Crippen molar-refractivity contribution in [2.45, 2.75) is 50.5 Å². The molecular formula is C15H24N2O3. The predicted octanol–water partition coefficient (Wildman–Crippen LogP) is 0.762. The van der Waals surface area contributed by atoms with Crippen molar-refractivity contribution < 1.29 is 14.7 Å². The highest BCUT2D eigenvalue weighted by Crippen LogP contribution is 2.39. The Morgan fingerprint density at radius 1 is 1.25 bits per heavy atom. The molecule has 0 aromatic carbocycles. The third-order valence-corrected chi connectivity index (χ3v) is 5.25. The Balaban J connectivity index is 1.57. The van der Waals surface area contributed by atoms with Crippen LogP contribution in [0.4, 0.5) is 0 Å². The van der Waals surface area contributed by atoms with Gasteiger partial charge in [-0.2, -0.15) is 0 Å². The molecule has 0 aromatic heterocycles. The first-order valence-corrected chi connectivity index (χ1v) is 7.86. The zero-order chi connectivity index (χ0) is 14.2. The van der Waals surface area contributed by atoms with Crippen LogP contribution in [-0.4, -0.2) is 58.5 Å². The van der Waals surface area contributed by atoms with Gasteiger partial charge in [-0.3, -0.25) is 19.4 Å². The van der Waals surface area contributed by atoms with E-state index in [-0.39, 0.29) is 11.8 Å². The standard InChI is InChI=1S/C15H24N2O3/c18-13-5-3-8-17(13)14(19)11-16-9-7-15(20)6-2-1-4-12(15)10-16/h12,20H,1-11H2. The van der Waals surface area contributed by atoms with Crippen molar-refractivity contribution >= 4 is 11.8 Å². The van der Waals surface area contributed by atoms with Crippen LogP contribution in [0, 0.1) is 5.92 Å². The van der Waals surface area contributed by atoms with E-state index >= 15 is 0 Å². The number of hydrogen-bond donors (Lipinski definition) is 1. The zero-order valence-electron chi connectivity index (χ0n) is 12.0. The highest BCUT2D eigenvalue weighted by atomic mass is 16.3. The first kappa shape index (κ1) is 14.0. The molecule has 2 amide bonds. The molecule has 1 N–H and O–H groups in total. The quantitative estimate of drug-likeness (QED) is 0.811. The number of carbonyl (C=O) groups excluding carboxylic acids is 2. The maximum atomic E-state index is 12.2. The van der Waals surface area contributed by atoms with Gasteiger partial charge in [-0.05, 0) is 25.7 Å². The van der Waals surface area contributed by atoms with E-state index in [0.717, 1.165) is 45.2 Å². The molecule has 112 valence electrons. The fraction of sp³-hybridized carbons (Fsp3) is 0.867. The van der Waals surface area contributed by atoms with Crippen LogP contribution in [0.2, 0.25) is 0 Å². The predicted molar refractivity (Wildman–Crippen MR) is 73.9 cm³/mol. The fourth-order valence-corrected chi connectivity index (χ4v) is 3.97. The lowest BCUT2D eigenvalue weighted by Crippen LogP contribution is -2.55. The number of nitrogens with zero attached hydrogens (tertiary/aromatic N) is 2. The summed E-state index contributed by atoms with van der Waals surface area (Å²) in [7, 11) is 0. The first-order valence-electron chi connectivity index (χ1n) is 7.86. The van der Waals surface area contributed by atoms with E-state index in [1.165, 1.54) is 11.3 Å². The number of hydrogen-bond acceptors (Lipinski definition) is 4. The van der Waals surface area contributed by atoms with Crippen LogP contribution >= 0.6 is 0 Å². The molecule has 5 nitrogen and oxygen atoms in total. The fourth-order valence-electron chi connectivity index (χ4n) is 3.97. The summed E-state index contributed by atoms with van der Waals surface area (Å²) in [6.45, 7) is 2.47. The number of imide groups is 1. The lowest BCUT2D eigenvalue weighted by atomic mass is 9.71. The molecule has 0 spiro atoms. The van der Waals surface area contributed by atoms with Gasteiger partial charge in [0.25, 0.3) is 0 Å². The molecule has 20 heavy (non-hydrogen) atoms. The van der Waals surface area contributed by atoms with Crippen molar-refractivity contribution in [2.24, 2.45) is 5.92 Å². The third-order valence-electron chi connectivity index (χ3n) is 5.25. The summed E-state index contributed by atoms with van der Waals surface area (Å²) < 4.78 is 0. The van der Waals surface area contributed by atoms with E-state index in [9.17, 15) is 14.7 Å². The summed E-state index contributed by atoms with van der Waals surface area (Å²) in [6, 6.07) is 0. The van der Waals surface area contributed by atoms with Crippen molar-refractivity contribution in [3.63, 3.8) is 0 Å². The Morgan fingerprint density at radius 2 is 2.10 bits per heavy atom. The average molecular weight is 280 g/mol. The summed E-state index contributed by atoms with van der Waals surface area (Å²) >= 11 is 0. The third kappa shape index (κ3) is 2.61. The van der Waals surface area contributed by atoms with Gasteiger partial charge >= 0.3 is 0 Å². The molecule has 1 aliphatic carbocycles. The summed E-state index contributed by atoms with van der Waals surface area (Å²) in [6.07, 6.45) is 6.33. The van der Waals surface area contributed by atoms with Crippen molar-refractivity contribution in [3.05, 3.63) is 0 Å². The van der Waals surface area contributed by atoms with Crippen LogP contribution in [0.3, 0.4) is 0 Å². The number of fused-ring (bicyclic) bond motifs is 1. The number of carbonyl (C=O) groups is 2. The van der Waals surface area contributed by atoms with Crippen LogP contribution < -0.4 is 0 Å². The van der Waals surface area contributed by atoms with Crippen molar-refractivity contribution in [1.29, 1.82) is 0 Å². The van der Waals surface area contributed by atoms with E-state index in [0.29, 0.717) is 25.4 Å².